The Morgan fingerprint density at radius 3 is 2.42 bits per heavy atom. The van der Waals surface area contributed by atoms with Gasteiger partial charge in [-0.2, -0.15) is 5.26 Å². The van der Waals surface area contributed by atoms with Crippen LogP contribution in [0.1, 0.15) is 12.5 Å². The smallest absolute Gasteiger partial charge is 0.145 e. The predicted octanol–water partition coefficient (Wildman–Crippen LogP) is 3.33. The molecule has 0 atom stereocenters. The van der Waals surface area contributed by atoms with E-state index in [2.05, 4.69) is 6.07 Å². The average Bonchev–Trinajstić information content (AvgIpc) is 2.43. The largest absolute Gasteiger partial charge is 0.494 e. The molecule has 4 nitrogen and oxygen atoms in total. The topological polar surface area (TPSA) is 68.3 Å². The molecule has 0 fully saturated rings. The van der Waals surface area contributed by atoms with Gasteiger partial charge in [-0.05, 0) is 49.4 Å². The standard InChI is InChI=1S/C15H14N2O2/c1-2-18-13-4-6-14(7-5-13)19-15-8-3-12(17)9-11(15)10-16/h3-9H,2,17H2,1H3. The Morgan fingerprint density at radius 2 is 1.79 bits per heavy atom. The Labute approximate surface area is 112 Å². The van der Waals surface area contributed by atoms with Gasteiger partial charge in [-0.3, -0.25) is 0 Å². The fraction of sp³-hybridized carbons (Fsp3) is 0.133. The molecular weight excluding hydrogens is 240 g/mol. The van der Waals surface area contributed by atoms with Crippen LogP contribution >= 0.6 is 0 Å². The molecule has 2 aromatic carbocycles. The second-order valence-corrected chi connectivity index (χ2v) is 3.87. The Balaban J connectivity index is 2.19. The molecule has 2 rings (SSSR count). The van der Waals surface area contributed by atoms with Crippen LogP contribution in [0.4, 0.5) is 5.69 Å². The van der Waals surface area contributed by atoms with Crippen LogP contribution < -0.4 is 15.2 Å². The minimum absolute atomic E-state index is 0.411. The summed E-state index contributed by atoms with van der Waals surface area (Å²) in [6.45, 7) is 2.55. The molecule has 0 aliphatic heterocycles. The highest BCUT2D eigenvalue weighted by Gasteiger charge is 2.05. The minimum Gasteiger partial charge on any atom is -0.494 e. The van der Waals surface area contributed by atoms with E-state index in [-0.39, 0.29) is 0 Å². The van der Waals surface area contributed by atoms with Gasteiger partial charge in [-0.1, -0.05) is 0 Å². The number of anilines is 1. The van der Waals surface area contributed by atoms with Gasteiger partial charge in [0.1, 0.15) is 23.3 Å². The highest BCUT2D eigenvalue weighted by atomic mass is 16.5. The monoisotopic (exact) mass is 254 g/mol. The number of nitrogens with zero attached hydrogens (tertiary/aromatic N) is 1. The summed E-state index contributed by atoms with van der Waals surface area (Å²) in [6.07, 6.45) is 0. The first-order valence-electron chi connectivity index (χ1n) is 5.93. The van der Waals surface area contributed by atoms with E-state index < -0.39 is 0 Å². The van der Waals surface area contributed by atoms with E-state index in [9.17, 15) is 0 Å². The van der Waals surface area contributed by atoms with E-state index in [4.69, 9.17) is 20.5 Å². The third-order valence-electron chi connectivity index (χ3n) is 2.49. The van der Waals surface area contributed by atoms with Gasteiger partial charge in [-0.15, -0.1) is 0 Å². The maximum absolute atomic E-state index is 9.03. The molecule has 0 radical (unpaired) electrons. The molecule has 0 unspecified atom stereocenters. The molecule has 0 saturated carbocycles. The van der Waals surface area contributed by atoms with Crippen LogP contribution in [0.25, 0.3) is 0 Å². The van der Waals surface area contributed by atoms with Crippen LogP contribution in [0.5, 0.6) is 17.2 Å². The fourth-order valence-electron chi connectivity index (χ4n) is 1.62. The summed E-state index contributed by atoms with van der Waals surface area (Å²) in [5.74, 6) is 1.92. The lowest BCUT2D eigenvalue weighted by Crippen LogP contribution is -1.93. The third kappa shape index (κ3) is 3.17. The molecular formula is C15H14N2O2. The van der Waals surface area contributed by atoms with Crippen LogP contribution in [-0.4, -0.2) is 6.61 Å². The summed E-state index contributed by atoms with van der Waals surface area (Å²) in [7, 11) is 0. The summed E-state index contributed by atoms with van der Waals surface area (Å²) in [5, 5.41) is 9.03. The summed E-state index contributed by atoms with van der Waals surface area (Å²) in [6, 6.07) is 14.3. The molecule has 0 aromatic heterocycles. The number of rotatable bonds is 4. The Kier molecular flexibility index (Phi) is 3.89. The van der Waals surface area contributed by atoms with Crippen molar-refractivity contribution in [1.82, 2.24) is 0 Å². The maximum atomic E-state index is 9.03. The van der Waals surface area contributed by atoms with Crippen LogP contribution in [0, 0.1) is 11.3 Å². The first-order valence-corrected chi connectivity index (χ1v) is 5.93. The molecule has 0 bridgehead atoms. The van der Waals surface area contributed by atoms with Gasteiger partial charge in [0, 0.05) is 5.69 Å². The van der Waals surface area contributed by atoms with Crippen molar-refractivity contribution in [1.29, 1.82) is 5.26 Å². The van der Waals surface area contributed by atoms with Crippen LogP contribution in [-0.2, 0) is 0 Å². The first-order chi connectivity index (χ1) is 9.22. The molecule has 0 aliphatic carbocycles. The molecule has 0 amide bonds. The Morgan fingerprint density at radius 1 is 1.11 bits per heavy atom. The van der Waals surface area contributed by atoms with E-state index in [1.165, 1.54) is 0 Å². The van der Waals surface area contributed by atoms with Gasteiger partial charge in [-0.25, -0.2) is 0 Å². The SMILES string of the molecule is CCOc1ccc(Oc2ccc(N)cc2C#N)cc1. The van der Waals surface area contributed by atoms with Crippen LogP contribution in [0.3, 0.4) is 0 Å². The lowest BCUT2D eigenvalue weighted by molar-refractivity contribution is 0.339. The van der Waals surface area contributed by atoms with Crippen molar-refractivity contribution in [2.45, 2.75) is 6.92 Å². The summed E-state index contributed by atoms with van der Waals surface area (Å²) in [4.78, 5) is 0. The van der Waals surface area contributed by atoms with Gasteiger partial charge in [0.05, 0.1) is 12.2 Å². The third-order valence-corrected chi connectivity index (χ3v) is 2.49. The molecule has 19 heavy (non-hydrogen) atoms. The Bertz CT molecular complexity index is 601. The molecule has 96 valence electrons. The van der Waals surface area contributed by atoms with E-state index in [0.717, 1.165) is 5.75 Å². The van der Waals surface area contributed by atoms with Crippen molar-refractivity contribution in [2.75, 3.05) is 12.3 Å². The zero-order valence-electron chi connectivity index (χ0n) is 10.6. The fourth-order valence-corrected chi connectivity index (χ4v) is 1.62. The van der Waals surface area contributed by atoms with Crippen LogP contribution in [0.15, 0.2) is 42.5 Å². The molecule has 0 spiro atoms. The molecule has 0 saturated heterocycles. The van der Waals surface area contributed by atoms with Gasteiger partial charge >= 0.3 is 0 Å². The second kappa shape index (κ2) is 5.78. The number of nitrogen functional groups attached to an aromatic ring is 1. The highest BCUT2D eigenvalue weighted by molar-refractivity contribution is 5.54. The quantitative estimate of drug-likeness (QED) is 0.850. The molecule has 0 heterocycles. The number of nitriles is 1. The van der Waals surface area contributed by atoms with Gasteiger partial charge in [0.2, 0.25) is 0 Å². The van der Waals surface area contributed by atoms with Crippen molar-refractivity contribution >= 4 is 5.69 Å². The first kappa shape index (κ1) is 12.8. The predicted molar refractivity (Wildman–Crippen MR) is 73.3 cm³/mol. The number of hydrogen-bond donors (Lipinski definition) is 1. The highest BCUT2D eigenvalue weighted by Crippen LogP contribution is 2.27. The van der Waals surface area contributed by atoms with Gasteiger partial charge in [0.15, 0.2) is 0 Å². The van der Waals surface area contributed by atoms with Crippen molar-refractivity contribution in [3.8, 4) is 23.3 Å². The molecule has 2 aromatic rings. The number of ether oxygens (including phenoxy) is 2. The normalized spacial score (nSPS) is 9.68. The van der Waals surface area contributed by atoms with Crippen molar-refractivity contribution in [3.63, 3.8) is 0 Å². The van der Waals surface area contributed by atoms with Gasteiger partial charge < -0.3 is 15.2 Å². The number of hydrogen-bond acceptors (Lipinski definition) is 4. The minimum atomic E-state index is 0.411. The van der Waals surface area contributed by atoms with Crippen molar-refractivity contribution in [3.05, 3.63) is 48.0 Å². The second-order valence-electron chi connectivity index (χ2n) is 3.87. The zero-order chi connectivity index (χ0) is 13.7. The zero-order valence-corrected chi connectivity index (χ0v) is 10.6. The van der Waals surface area contributed by atoms with E-state index in [1.807, 2.05) is 19.1 Å². The van der Waals surface area contributed by atoms with Crippen molar-refractivity contribution in [2.24, 2.45) is 0 Å². The van der Waals surface area contributed by atoms with Gasteiger partial charge in [0.25, 0.3) is 0 Å². The molecule has 4 heteroatoms. The summed E-state index contributed by atoms with van der Waals surface area (Å²) >= 11 is 0. The Hall–Kier alpha value is -2.67. The van der Waals surface area contributed by atoms with Crippen molar-refractivity contribution < 1.29 is 9.47 Å². The average molecular weight is 254 g/mol. The summed E-state index contributed by atoms with van der Waals surface area (Å²) in [5.41, 5.74) is 6.58. The molecule has 2 N–H and O–H groups in total. The lowest BCUT2D eigenvalue weighted by Gasteiger charge is -2.09. The number of nitrogens with two attached hydrogens (primary N) is 1. The van der Waals surface area contributed by atoms with Crippen LogP contribution in [0.2, 0.25) is 0 Å². The maximum Gasteiger partial charge on any atom is 0.145 e. The summed E-state index contributed by atoms with van der Waals surface area (Å²) < 4.78 is 11.0. The van der Waals surface area contributed by atoms with E-state index >= 15 is 0 Å². The number of benzene rings is 2. The van der Waals surface area contributed by atoms with E-state index in [0.29, 0.717) is 29.4 Å². The molecule has 0 aliphatic rings. The lowest BCUT2D eigenvalue weighted by atomic mass is 10.2. The van der Waals surface area contributed by atoms with E-state index in [1.54, 1.807) is 30.3 Å².